The molecular weight excluding hydrogens is 184 g/mol. The molecule has 0 amide bonds. The van der Waals surface area contributed by atoms with Crippen LogP contribution in [0, 0.1) is 0 Å². The second kappa shape index (κ2) is 9.32. The van der Waals surface area contributed by atoms with Crippen molar-refractivity contribution >= 4 is 5.97 Å². The molecule has 0 rings (SSSR count). The molecule has 0 aromatic carbocycles. The normalized spacial score (nSPS) is 5.86. The summed E-state index contributed by atoms with van der Waals surface area (Å²) in [6.45, 7) is -0.778. The van der Waals surface area contributed by atoms with E-state index in [1.165, 1.54) is 0 Å². The minimum absolute atomic E-state index is 0.700. The second-order valence-corrected chi connectivity index (χ2v) is 0.552. The van der Waals surface area contributed by atoms with Gasteiger partial charge in [0.2, 0.25) is 0 Å². The molecule has 0 radical (unpaired) electrons. The van der Waals surface area contributed by atoms with E-state index in [1.54, 1.807) is 0 Å². The molecule has 0 aliphatic carbocycles. The first-order chi connectivity index (χ1) is 3.27. The number of carbonyl (C=O) groups is 1. The second-order valence-electron chi connectivity index (χ2n) is 0.552. The van der Waals surface area contributed by atoms with Crippen LogP contribution in [-0.2, 0) is 28.0 Å². The van der Waals surface area contributed by atoms with Crippen LogP contribution in [0.25, 0.3) is 0 Å². The first-order valence-corrected chi connectivity index (χ1v) is 2.08. The Bertz CT molecular complexity index is 53.7. The van der Waals surface area contributed by atoms with Gasteiger partial charge in [-0.25, -0.2) is 4.79 Å². The van der Waals surface area contributed by atoms with Crippen LogP contribution in [0.2, 0.25) is 0 Å². The van der Waals surface area contributed by atoms with Gasteiger partial charge in [-0.1, -0.05) is 0 Å². The van der Waals surface area contributed by atoms with Crippen molar-refractivity contribution in [2.45, 2.75) is 0 Å². The molecule has 7 heavy (non-hydrogen) atoms. The van der Waals surface area contributed by atoms with Crippen LogP contribution in [0.5, 0.6) is 0 Å². The van der Waals surface area contributed by atoms with Gasteiger partial charge in [-0.15, -0.1) is 0 Å². The Kier molecular flexibility index (Phi) is 13.3. The van der Waals surface area contributed by atoms with E-state index in [4.69, 9.17) is 18.4 Å². The monoisotopic (exact) mass is 190 g/mol. The maximum absolute atomic E-state index is 9.12. The molecule has 0 aromatic heterocycles. The standard InChI is InChI=1S/C2H4O3.Mo.O/c3-1-2(4)5;;/h3H,1H2,(H,4,5);;. The van der Waals surface area contributed by atoms with Gasteiger partial charge in [0, 0.05) is 0 Å². The van der Waals surface area contributed by atoms with Crippen molar-refractivity contribution in [3.05, 3.63) is 0 Å². The summed E-state index contributed by atoms with van der Waals surface area (Å²) in [5.74, 6) is -1.19. The summed E-state index contributed by atoms with van der Waals surface area (Å²) in [5.41, 5.74) is 0. The van der Waals surface area contributed by atoms with Crippen LogP contribution in [0.4, 0.5) is 0 Å². The van der Waals surface area contributed by atoms with Gasteiger partial charge in [-0.2, -0.15) is 0 Å². The van der Waals surface area contributed by atoms with Gasteiger partial charge in [0.25, 0.3) is 0 Å². The Morgan fingerprint density at radius 1 is 1.57 bits per heavy atom. The van der Waals surface area contributed by atoms with Crippen molar-refractivity contribution < 1.29 is 38.2 Å². The van der Waals surface area contributed by atoms with Gasteiger partial charge >= 0.3 is 29.1 Å². The Balaban J connectivity index is 0. The van der Waals surface area contributed by atoms with Crippen LogP contribution >= 0.6 is 0 Å². The van der Waals surface area contributed by atoms with Crippen molar-refractivity contribution in [3.8, 4) is 0 Å². The molecule has 0 unspecified atom stereocenters. The van der Waals surface area contributed by atoms with E-state index in [0.717, 1.165) is 0 Å². The van der Waals surface area contributed by atoms with Crippen molar-refractivity contribution in [2.75, 3.05) is 6.61 Å². The number of carboxylic acids is 1. The van der Waals surface area contributed by atoms with E-state index >= 15 is 0 Å². The van der Waals surface area contributed by atoms with Crippen LogP contribution in [-0.4, -0.2) is 22.8 Å². The molecule has 0 aliphatic rings. The van der Waals surface area contributed by atoms with Gasteiger partial charge in [-0.3, -0.25) is 0 Å². The average Bonchev–Trinajstić information content (AvgIpc) is 1.73. The fourth-order valence-corrected chi connectivity index (χ4v) is 0. The summed E-state index contributed by atoms with van der Waals surface area (Å²) in [6.07, 6.45) is 0. The summed E-state index contributed by atoms with van der Waals surface area (Å²) in [7, 11) is 0. The molecule has 0 saturated heterocycles. The summed E-state index contributed by atoms with van der Waals surface area (Å²) in [4.78, 5) is 9.12. The number of hydrogen-bond donors (Lipinski definition) is 2. The Labute approximate surface area is 51.4 Å². The predicted molar refractivity (Wildman–Crippen MR) is 15.4 cm³/mol. The Morgan fingerprint density at radius 3 is 1.71 bits per heavy atom. The zero-order valence-electron chi connectivity index (χ0n) is 3.33. The van der Waals surface area contributed by atoms with E-state index in [0.29, 0.717) is 19.8 Å². The van der Waals surface area contributed by atoms with E-state index in [1.807, 2.05) is 0 Å². The molecule has 0 atom stereocenters. The molecular formula is C2H4MoO4. The topological polar surface area (TPSA) is 74.6 Å². The third kappa shape index (κ3) is 24.7. The Hall–Kier alpha value is -0.0817. The molecule has 0 heterocycles. The molecule has 0 fully saturated rings. The Morgan fingerprint density at radius 2 is 1.71 bits per heavy atom. The number of aliphatic carboxylic acids is 1. The summed E-state index contributed by atoms with van der Waals surface area (Å²) < 4.78 is 8.26. The van der Waals surface area contributed by atoms with E-state index in [9.17, 15) is 0 Å². The first-order valence-electron chi connectivity index (χ1n) is 1.26. The van der Waals surface area contributed by atoms with Crippen LogP contribution in [0.15, 0.2) is 0 Å². The molecule has 0 aliphatic heterocycles. The predicted octanol–water partition coefficient (Wildman–Crippen LogP) is -1.06. The van der Waals surface area contributed by atoms with Gasteiger partial charge in [0.05, 0.1) is 0 Å². The average molecular weight is 188 g/mol. The third-order valence-electron chi connectivity index (χ3n) is 0.135. The van der Waals surface area contributed by atoms with Gasteiger partial charge in [0.15, 0.2) is 0 Å². The molecule has 0 saturated carbocycles. The van der Waals surface area contributed by atoms with Crippen molar-refractivity contribution in [1.82, 2.24) is 0 Å². The number of carboxylic acid groups (broad SMARTS) is 1. The fraction of sp³-hybridized carbons (Fsp3) is 0.500. The SMILES string of the molecule is O=C(O)CO.[O]=[Mo]. The van der Waals surface area contributed by atoms with E-state index in [-0.39, 0.29) is 0 Å². The molecule has 42 valence electrons. The zero-order chi connectivity index (χ0) is 6.28. The quantitative estimate of drug-likeness (QED) is 0.514. The van der Waals surface area contributed by atoms with Crippen molar-refractivity contribution in [3.63, 3.8) is 0 Å². The summed E-state index contributed by atoms with van der Waals surface area (Å²) in [5, 5.41) is 15.0. The fourth-order valence-electron chi connectivity index (χ4n) is 0. The summed E-state index contributed by atoms with van der Waals surface area (Å²) >= 11 is 0.700. The van der Waals surface area contributed by atoms with Crippen molar-refractivity contribution in [2.24, 2.45) is 0 Å². The number of hydrogen-bond acceptors (Lipinski definition) is 3. The minimum atomic E-state index is -1.19. The maximum atomic E-state index is 9.12. The molecule has 0 bridgehead atoms. The molecule has 4 nitrogen and oxygen atoms in total. The number of aliphatic hydroxyl groups excluding tert-OH is 1. The van der Waals surface area contributed by atoms with Crippen LogP contribution < -0.4 is 0 Å². The van der Waals surface area contributed by atoms with Crippen LogP contribution in [0.1, 0.15) is 0 Å². The van der Waals surface area contributed by atoms with Crippen molar-refractivity contribution in [1.29, 1.82) is 0 Å². The molecule has 0 aromatic rings. The molecule has 5 heteroatoms. The number of aliphatic hydroxyl groups is 1. The van der Waals surface area contributed by atoms with Gasteiger partial charge in [-0.05, 0) is 0 Å². The molecule has 0 spiro atoms. The summed E-state index contributed by atoms with van der Waals surface area (Å²) in [6, 6.07) is 0. The van der Waals surface area contributed by atoms with Crippen LogP contribution in [0.3, 0.4) is 0 Å². The van der Waals surface area contributed by atoms with Gasteiger partial charge < -0.3 is 10.2 Å². The van der Waals surface area contributed by atoms with E-state index in [2.05, 4.69) is 0 Å². The first kappa shape index (κ1) is 10.0. The zero-order valence-corrected chi connectivity index (χ0v) is 5.33. The van der Waals surface area contributed by atoms with Gasteiger partial charge in [0.1, 0.15) is 6.61 Å². The number of rotatable bonds is 1. The third-order valence-corrected chi connectivity index (χ3v) is 0.135. The molecule has 2 N–H and O–H groups in total. The van der Waals surface area contributed by atoms with E-state index < -0.39 is 12.6 Å².